The Morgan fingerprint density at radius 2 is 1.37 bits per heavy atom. The summed E-state index contributed by atoms with van der Waals surface area (Å²) in [5, 5.41) is 12.1. The van der Waals surface area contributed by atoms with Crippen molar-refractivity contribution in [3.05, 3.63) is 0 Å². The first-order chi connectivity index (χ1) is 14.8. The molecule has 5 heteroatoms. The van der Waals surface area contributed by atoms with Crippen LogP contribution in [0.5, 0.6) is 0 Å². The van der Waals surface area contributed by atoms with Gasteiger partial charge in [0.25, 0.3) is 0 Å². The van der Waals surface area contributed by atoms with E-state index in [2.05, 4.69) is 12.2 Å². The van der Waals surface area contributed by atoms with Gasteiger partial charge in [-0.05, 0) is 19.3 Å². The van der Waals surface area contributed by atoms with E-state index in [1.807, 2.05) is 0 Å². The summed E-state index contributed by atoms with van der Waals surface area (Å²) in [6, 6.07) is 0. The second-order valence-corrected chi connectivity index (χ2v) is 8.91. The molecule has 0 unspecified atom stereocenters. The molecular weight excluding hydrogens is 378 g/mol. The highest BCUT2D eigenvalue weighted by atomic mass is 16.6. The minimum atomic E-state index is -0.384. The van der Waals surface area contributed by atoms with E-state index in [0.29, 0.717) is 13.2 Å². The number of hydrogen-bond donors (Lipinski definition) is 2. The lowest BCUT2D eigenvalue weighted by molar-refractivity contribution is -0.0973. The third-order valence-electron chi connectivity index (χ3n) is 6.12. The fourth-order valence-electron chi connectivity index (χ4n) is 4.16. The van der Waals surface area contributed by atoms with Gasteiger partial charge in [0, 0.05) is 13.2 Å². The fraction of sp³-hybridized carbons (Fsp3) is 0.960. The van der Waals surface area contributed by atoms with E-state index >= 15 is 0 Å². The second-order valence-electron chi connectivity index (χ2n) is 8.91. The number of rotatable bonds is 19. The summed E-state index contributed by atoms with van der Waals surface area (Å²) in [7, 11) is 0. The van der Waals surface area contributed by atoms with Crippen molar-refractivity contribution in [2.45, 2.75) is 135 Å². The summed E-state index contributed by atoms with van der Waals surface area (Å²) in [4.78, 5) is 11.9. The van der Waals surface area contributed by atoms with Crippen LogP contribution >= 0.6 is 0 Å². The van der Waals surface area contributed by atoms with E-state index in [4.69, 9.17) is 9.47 Å². The van der Waals surface area contributed by atoms with Gasteiger partial charge in [0.15, 0.2) is 0 Å². The molecule has 1 fully saturated rings. The SMILES string of the molecule is CCCCCCCCCCCCCCCCCCNC(=O)O[C@H]1CCCO[C@H]1CO. The van der Waals surface area contributed by atoms with E-state index in [9.17, 15) is 9.90 Å². The summed E-state index contributed by atoms with van der Waals surface area (Å²) in [5.74, 6) is 0. The van der Waals surface area contributed by atoms with Crippen LogP contribution in [-0.4, -0.2) is 43.2 Å². The molecule has 178 valence electrons. The molecule has 2 atom stereocenters. The van der Waals surface area contributed by atoms with E-state index in [1.54, 1.807) is 0 Å². The van der Waals surface area contributed by atoms with Crippen LogP contribution in [0, 0.1) is 0 Å². The normalized spacial score (nSPS) is 19.0. The smallest absolute Gasteiger partial charge is 0.407 e. The standard InChI is InChI=1S/C25H49NO4/c1-2-3-4-5-6-7-8-9-10-11-12-13-14-15-16-17-20-26-25(28)30-23-19-18-21-29-24(23)22-27/h23-24,27H,2-22H2,1H3,(H,26,28)/t23-,24-/m0/s1. The van der Waals surface area contributed by atoms with Crippen LogP contribution in [0.4, 0.5) is 4.79 Å². The summed E-state index contributed by atoms with van der Waals surface area (Å²) in [6.45, 7) is 3.47. The van der Waals surface area contributed by atoms with E-state index in [1.165, 1.54) is 89.9 Å². The van der Waals surface area contributed by atoms with Gasteiger partial charge in [0.2, 0.25) is 0 Å². The molecule has 0 aromatic heterocycles. The van der Waals surface area contributed by atoms with Crippen molar-refractivity contribution in [2.75, 3.05) is 19.8 Å². The predicted molar refractivity (Wildman–Crippen MR) is 124 cm³/mol. The molecule has 1 rings (SSSR count). The van der Waals surface area contributed by atoms with Crippen molar-refractivity contribution in [3.8, 4) is 0 Å². The molecule has 5 nitrogen and oxygen atoms in total. The number of unbranched alkanes of at least 4 members (excludes halogenated alkanes) is 15. The van der Waals surface area contributed by atoms with Gasteiger partial charge in [-0.15, -0.1) is 0 Å². The molecule has 0 aromatic rings. The molecular formula is C25H49NO4. The maximum atomic E-state index is 11.9. The summed E-state index contributed by atoms with van der Waals surface area (Å²) < 4.78 is 10.8. The minimum absolute atomic E-state index is 0.100. The highest BCUT2D eigenvalue weighted by Crippen LogP contribution is 2.17. The predicted octanol–water partition coefficient (Wildman–Crippen LogP) is 6.51. The summed E-state index contributed by atoms with van der Waals surface area (Å²) in [5.41, 5.74) is 0. The second kappa shape index (κ2) is 20.1. The van der Waals surface area contributed by atoms with Gasteiger partial charge in [-0.1, -0.05) is 103 Å². The van der Waals surface area contributed by atoms with Crippen LogP contribution in [0.25, 0.3) is 0 Å². The van der Waals surface area contributed by atoms with Crippen LogP contribution in [0.2, 0.25) is 0 Å². The fourth-order valence-corrected chi connectivity index (χ4v) is 4.16. The Bertz CT molecular complexity index is 391. The molecule has 1 heterocycles. The third-order valence-corrected chi connectivity index (χ3v) is 6.12. The number of aliphatic hydroxyl groups is 1. The highest BCUT2D eigenvalue weighted by Gasteiger charge is 2.28. The van der Waals surface area contributed by atoms with Crippen LogP contribution < -0.4 is 5.32 Å². The Hall–Kier alpha value is -0.810. The number of hydrogen-bond acceptors (Lipinski definition) is 4. The number of ether oxygens (including phenoxy) is 2. The molecule has 1 aliphatic heterocycles. The number of amides is 1. The molecule has 30 heavy (non-hydrogen) atoms. The Kier molecular flexibility index (Phi) is 18.3. The van der Waals surface area contributed by atoms with Crippen LogP contribution in [0.3, 0.4) is 0 Å². The molecule has 0 saturated carbocycles. The Balaban J connectivity index is 1.78. The largest absolute Gasteiger partial charge is 0.443 e. The lowest BCUT2D eigenvalue weighted by Crippen LogP contribution is -2.42. The average molecular weight is 428 g/mol. The zero-order chi connectivity index (χ0) is 21.7. The lowest BCUT2D eigenvalue weighted by atomic mass is 10.0. The molecule has 1 aliphatic rings. The van der Waals surface area contributed by atoms with Crippen molar-refractivity contribution in [3.63, 3.8) is 0 Å². The van der Waals surface area contributed by atoms with Gasteiger partial charge < -0.3 is 19.9 Å². The topological polar surface area (TPSA) is 67.8 Å². The van der Waals surface area contributed by atoms with Gasteiger partial charge in [0.1, 0.15) is 12.2 Å². The molecule has 2 N–H and O–H groups in total. The summed E-state index contributed by atoms with van der Waals surface area (Å²) >= 11 is 0. The van der Waals surface area contributed by atoms with Crippen LogP contribution in [-0.2, 0) is 9.47 Å². The van der Waals surface area contributed by atoms with Crippen molar-refractivity contribution in [1.82, 2.24) is 5.32 Å². The molecule has 1 amide bonds. The number of aliphatic hydroxyl groups excluding tert-OH is 1. The van der Waals surface area contributed by atoms with Crippen molar-refractivity contribution in [1.29, 1.82) is 0 Å². The number of carbonyl (C=O) groups is 1. The van der Waals surface area contributed by atoms with Crippen molar-refractivity contribution in [2.24, 2.45) is 0 Å². The Morgan fingerprint density at radius 1 is 0.867 bits per heavy atom. The first kappa shape index (κ1) is 27.2. The van der Waals surface area contributed by atoms with Gasteiger partial charge in [-0.2, -0.15) is 0 Å². The quantitative estimate of drug-likeness (QED) is 0.230. The molecule has 0 aromatic carbocycles. The van der Waals surface area contributed by atoms with E-state index < -0.39 is 0 Å². The maximum Gasteiger partial charge on any atom is 0.407 e. The first-order valence-electron chi connectivity index (χ1n) is 12.9. The van der Waals surface area contributed by atoms with Crippen molar-refractivity contribution >= 4 is 6.09 Å². The van der Waals surface area contributed by atoms with Gasteiger partial charge in [0.05, 0.1) is 6.61 Å². The highest BCUT2D eigenvalue weighted by molar-refractivity contribution is 5.67. The van der Waals surface area contributed by atoms with Crippen molar-refractivity contribution < 1.29 is 19.4 Å². The molecule has 0 radical (unpaired) electrons. The number of alkyl carbamates (subject to hydrolysis) is 1. The molecule has 0 aliphatic carbocycles. The molecule has 1 saturated heterocycles. The van der Waals surface area contributed by atoms with E-state index in [-0.39, 0.29) is 24.9 Å². The minimum Gasteiger partial charge on any atom is -0.443 e. The Morgan fingerprint density at radius 3 is 1.87 bits per heavy atom. The van der Waals surface area contributed by atoms with Gasteiger partial charge in [-0.25, -0.2) is 4.79 Å². The Labute approximate surface area is 185 Å². The lowest BCUT2D eigenvalue weighted by Gasteiger charge is -2.29. The van der Waals surface area contributed by atoms with Gasteiger partial charge >= 0.3 is 6.09 Å². The monoisotopic (exact) mass is 427 g/mol. The third kappa shape index (κ3) is 15.1. The first-order valence-corrected chi connectivity index (χ1v) is 12.9. The average Bonchev–Trinajstić information content (AvgIpc) is 2.76. The molecule has 0 spiro atoms. The zero-order valence-corrected chi connectivity index (χ0v) is 19.7. The summed E-state index contributed by atoms with van der Waals surface area (Å²) in [6.07, 6.45) is 22.1. The zero-order valence-electron chi connectivity index (χ0n) is 19.7. The number of nitrogens with one attached hydrogen (secondary N) is 1. The van der Waals surface area contributed by atoms with Crippen LogP contribution in [0.15, 0.2) is 0 Å². The van der Waals surface area contributed by atoms with E-state index in [0.717, 1.165) is 25.7 Å². The molecule has 0 bridgehead atoms. The van der Waals surface area contributed by atoms with Crippen LogP contribution in [0.1, 0.15) is 122 Å². The maximum absolute atomic E-state index is 11.9. The number of carbonyl (C=O) groups excluding carboxylic acids is 1. The van der Waals surface area contributed by atoms with Gasteiger partial charge in [-0.3, -0.25) is 0 Å².